The molecule has 0 saturated heterocycles. The van der Waals surface area contributed by atoms with Crippen LogP contribution in [-0.4, -0.2) is 11.3 Å². The van der Waals surface area contributed by atoms with Gasteiger partial charge in [0.05, 0.1) is 18.3 Å². The van der Waals surface area contributed by atoms with Crippen molar-refractivity contribution in [2.24, 2.45) is 4.99 Å². The third-order valence-corrected chi connectivity index (χ3v) is 3.74. The molecule has 0 amide bonds. The van der Waals surface area contributed by atoms with Crippen LogP contribution >= 0.6 is 0 Å². The van der Waals surface area contributed by atoms with Gasteiger partial charge in [-0.05, 0) is 12.1 Å². The summed E-state index contributed by atoms with van der Waals surface area (Å²) in [6.45, 7) is 0.457. The first kappa shape index (κ1) is 11.5. The molecular formula is C16H14N3O+. The number of quaternary nitrogens is 1. The van der Waals surface area contributed by atoms with Gasteiger partial charge in [-0.3, -0.25) is 4.98 Å². The molecule has 1 aromatic heterocycles. The van der Waals surface area contributed by atoms with E-state index in [2.05, 4.69) is 28.2 Å². The first-order valence-corrected chi connectivity index (χ1v) is 6.64. The predicted molar refractivity (Wildman–Crippen MR) is 77.5 cm³/mol. The number of aromatic nitrogens is 1. The van der Waals surface area contributed by atoms with Gasteiger partial charge in [0, 0.05) is 17.8 Å². The number of allylic oxidation sites excluding steroid dienone is 1. The Morgan fingerprint density at radius 1 is 1.10 bits per heavy atom. The van der Waals surface area contributed by atoms with Crippen LogP contribution in [0.15, 0.2) is 65.6 Å². The molecule has 4 nitrogen and oxygen atoms in total. The number of hydroxylamine groups is 2. The number of hydrogen-bond donors (Lipinski definition) is 0. The number of pyridine rings is 1. The number of para-hydroxylation sites is 1. The first-order valence-electron chi connectivity index (χ1n) is 6.64. The average molecular weight is 264 g/mol. The second-order valence-electron chi connectivity index (χ2n) is 4.94. The summed E-state index contributed by atoms with van der Waals surface area (Å²) in [5.74, 6) is 0. The van der Waals surface area contributed by atoms with E-state index in [4.69, 9.17) is 4.84 Å². The number of nitrogens with zero attached hydrogens (tertiary/aromatic N) is 3. The molecule has 0 N–H and O–H groups in total. The Kier molecular flexibility index (Phi) is 2.52. The standard InChI is InChI=1S/C16H14N3O/c1-2-7-16-13(5-1)9-15-10-17-12-19(15,16)20-11-14-6-3-4-8-18-14/h1-8,10,12H,9,11H2/q+1. The van der Waals surface area contributed by atoms with E-state index in [-0.39, 0.29) is 4.65 Å². The lowest BCUT2D eigenvalue weighted by Gasteiger charge is -2.24. The summed E-state index contributed by atoms with van der Waals surface area (Å²) in [6.07, 6.45) is 6.42. The van der Waals surface area contributed by atoms with Crippen LogP contribution in [0, 0.1) is 0 Å². The lowest BCUT2D eigenvalue weighted by Crippen LogP contribution is -2.42. The van der Waals surface area contributed by atoms with Crippen LogP contribution in [0.2, 0.25) is 0 Å². The summed E-state index contributed by atoms with van der Waals surface area (Å²) in [5.41, 5.74) is 4.52. The highest BCUT2D eigenvalue weighted by Crippen LogP contribution is 2.42. The lowest BCUT2D eigenvalue weighted by atomic mass is 10.1. The van der Waals surface area contributed by atoms with Crippen LogP contribution in [0.1, 0.15) is 11.3 Å². The monoisotopic (exact) mass is 264 g/mol. The van der Waals surface area contributed by atoms with E-state index in [1.165, 1.54) is 5.56 Å². The zero-order valence-electron chi connectivity index (χ0n) is 10.9. The SMILES string of the molecule is C1=NC=C2Cc3ccccc3[N+]12OCc1ccccn1. The highest BCUT2D eigenvalue weighted by atomic mass is 16.7. The van der Waals surface area contributed by atoms with E-state index in [1.54, 1.807) is 6.20 Å². The molecule has 1 unspecified atom stereocenters. The second kappa shape index (κ2) is 4.37. The highest BCUT2D eigenvalue weighted by molar-refractivity contribution is 5.83. The van der Waals surface area contributed by atoms with Crippen LogP contribution in [-0.2, 0) is 17.9 Å². The fraction of sp³-hybridized carbons (Fsp3) is 0.125. The van der Waals surface area contributed by atoms with Gasteiger partial charge < -0.3 is 0 Å². The van der Waals surface area contributed by atoms with Crippen molar-refractivity contribution in [1.82, 2.24) is 9.63 Å². The maximum Gasteiger partial charge on any atom is 0.233 e. The van der Waals surface area contributed by atoms with Crippen LogP contribution in [0.3, 0.4) is 0 Å². The number of fused-ring (bicyclic) bond motifs is 3. The van der Waals surface area contributed by atoms with E-state index in [0.717, 1.165) is 23.5 Å². The quantitative estimate of drug-likeness (QED) is 0.799. The van der Waals surface area contributed by atoms with Gasteiger partial charge in [0.15, 0.2) is 11.4 Å². The Bertz CT molecular complexity index is 709. The predicted octanol–water partition coefficient (Wildman–Crippen LogP) is 2.96. The molecule has 1 atom stereocenters. The Hall–Kier alpha value is -2.30. The minimum Gasteiger partial charge on any atom is -0.259 e. The van der Waals surface area contributed by atoms with Crippen LogP contribution in [0.4, 0.5) is 5.69 Å². The fourth-order valence-electron chi connectivity index (χ4n) is 2.77. The highest BCUT2D eigenvalue weighted by Gasteiger charge is 2.47. The minimum absolute atomic E-state index is 0.284. The zero-order valence-corrected chi connectivity index (χ0v) is 10.9. The van der Waals surface area contributed by atoms with E-state index < -0.39 is 0 Å². The zero-order chi connectivity index (χ0) is 13.4. The first-order chi connectivity index (χ1) is 9.88. The molecule has 0 bridgehead atoms. The van der Waals surface area contributed by atoms with Crippen molar-refractivity contribution >= 4 is 12.0 Å². The van der Waals surface area contributed by atoms with Gasteiger partial charge in [-0.2, -0.15) is 4.84 Å². The molecule has 1 aromatic carbocycles. The van der Waals surface area contributed by atoms with E-state index in [0.29, 0.717) is 6.61 Å². The minimum atomic E-state index is 0.284. The van der Waals surface area contributed by atoms with Crippen LogP contribution in [0.25, 0.3) is 0 Å². The number of hydrogen-bond acceptors (Lipinski definition) is 3. The molecule has 4 heteroatoms. The third kappa shape index (κ3) is 1.62. The van der Waals surface area contributed by atoms with Crippen molar-refractivity contribution in [2.45, 2.75) is 13.0 Å². The maximum absolute atomic E-state index is 6.18. The molecule has 98 valence electrons. The van der Waals surface area contributed by atoms with E-state index in [1.807, 2.05) is 36.8 Å². The summed E-state index contributed by atoms with van der Waals surface area (Å²) in [6, 6.07) is 14.2. The molecule has 0 saturated carbocycles. The van der Waals surface area contributed by atoms with Gasteiger partial charge in [0.1, 0.15) is 6.61 Å². The van der Waals surface area contributed by atoms with Crippen molar-refractivity contribution in [3.8, 4) is 0 Å². The van der Waals surface area contributed by atoms with Crippen molar-refractivity contribution < 1.29 is 4.84 Å². The molecule has 0 fully saturated rings. The van der Waals surface area contributed by atoms with Crippen LogP contribution < -0.4 is 4.65 Å². The Labute approximate surface area is 117 Å². The summed E-state index contributed by atoms with van der Waals surface area (Å²) >= 11 is 0. The Morgan fingerprint density at radius 2 is 2.00 bits per heavy atom. The third-order valence-electron chi connectivity index (χ3n) is 3.74. The molecule has 2 aromatic rings. The molecule has 3 heterocycles. The summed E-state index contributed by atoms with van der Waals surface area (Å²) in [5, 5.41) is 0. The molecule has 2 aliphatic rings. The van der Waals surface area contributed by atoms with Gasteiger partial charge in [-0.25, -0.2) is 4.99 Å². The van der Waals surface area contributed by atoms with Gasteiger partial charge in [0.2, 0.25) is 6.34 Å². The van der Waals surface area contributed by atoms with Gasteiger partial charge >= 0.3 is 0 Å². The van der Waals surface area contributed by atoms with Crippen LogP contribution in [0.5, 0.6) is 0 Å². The Morgan fingerprint density at radius 3 is 2.90 bits per heavy atom. The van der Waals surface area contributed by atoms with Gasteiger partial charge in [0.25, 0.3) is 0 Å². The smallest absolute Gasteiger partial charge is 0.233 e. The van der Waals surface area contributed by atoms with E-state index in [9.17, 15) is 0 Å². The van der Waals surface area contributed by atoms with Crippen molar-refractivity contribution in [3.05, 3.63) is 71.8 Å². The van der Waals surface area contributed by atoms with Gasteiger partial charge in [-0.15, -0.1) is 0 Å². The molecule has 2 aliphatic heterocycles. The van der Waals surface area contributed by atoms with Gasteiger partial charge in [-0.1, -0.05) is 28.9 Å². The second-order valence-corrected chi connectivity index (χ2v) is 4.94. The number of rotatable bonds is 3. The fourth-order valence-corrected chi connectivity index (χ4v) is 2.77. The normalized spacial score (nSPS) is 22.5. The maximum atomic E-state index is 6.18. The lowest BCUT2D eigenvalue weighted by molar-refractivity contribution is -0.0679. The molecular weight excluding hydrogens is 250 g/mol. The Balaban J connectivity index is 1.68. The molecule has 20 heavy (non-hydrogen) atoms. The largest absolute Gasteiger partial charge is 0.259 e. The molecule has 0 radical (unpaired) electrons. The van der Waals surface area contributed by atoms with Crippen molar-refractivity contribution in [1.29, 1.82) is 0 Å². The molecule has 4 rings (SSSR count). The molecule has 0 aliphatic carbocycles. The number of aliphatic imine (C=N–C) groups is 1. The van der Waals surface area contributed by atoms with E-state index >= 15 is 0 Å². The summed E-state index contributed by atoms with van der Waals surface area (Å²) in [4.78, 5) is 14.8. The topological polar surface area (TPSA) is 34.5 Å². The summed E-state index contributed by atoms with van der Waals surface area (Å²) < 4.78 is 0.284. The van der Waals surface area contributed by atoms with Crippen molar-refractivity contribution in [3.63, 3.8) is 0 Å². The van der Waals surface area contributed by atoms with Crippen molar-refractivity contribution in [2.75, 3.05) is 0 Å². The molecule has 0 spiro atoms. The average Bonchev–Trinajstić information content (AvgIpc) is 3.02. The summed E-state index contributed by atoms with van der Waals surface area (Å²) in [7, 11) is 0. The number of benzene rings is 1.